The highest BCUT2D eigenvalue weighted by molar-refractivity contribution is 5.58. The molecule has 2 aromatic heterocycles. The second-order valence-corrected chi connectivity index (χ2v) is 4.17. The minimum Gasteiger partial charge on any atom is -0.389 e. The summed E-state index contributed by atoms with van der Waals surface area (Å²) in [5.41, 5.74) is 2.88. The highest BCUT2D eigenvalue weighted by atomic mass is 16.3. The molecule has 0 radical (unpaired) electrons. The van der Waals surface area contributed by atoms with Gasteiger partial charge >= 0.3 is 0 Å². The average Bonchev–Trinajstić information content (AvgIpc) is 2.69. The number of hydrogen-bond donors (Lipinski definition) is 1. The van der Waals surface area contributed by atoms with Crippen LogP contribution in [0, 0.1) is 11.8 Å². The minimum absolute atomic E-state index is 0.485. The fraction of sp³-hybridized carbons (Fsp3) is 0.333. The molecule has 2 aromatic rings. The molecular weight excluding hydrogens is 210 g/mol. The van der Waals surface area contributed by atoms with Crippen LogP contribution < -0.4 is 0 Å². The van der Waals surface area contributed by atoms with E-state index in [0.717, 1.165) is 29.6 Å². The zero-order valence-electron chi connectivity index (χ0n) is 10.3. The van der Waals surface area contributed by atoms with Crippen LogP contribution in [-0.4, -0.2) is 9.51 Å². The van der Waals surface area contributed by atoms with E-state index < -0.39 is 6.10 Å². The van der Waals surface area contributed by atoms with Crippen LogP contribution in [0.25, 0.3) is 5.52 Å². The Morgan fingerprint density at radius 1 is 1.41 bits per heavy atom. The Balaban J connectivity index is 2.57. The summed E-state index contributed by atoms with van der Waals surface area (Å²) in [6.45, 7) is 3.89. The third-order valence-electron chi connectivity index (χ3n) is 2.74. The monoisotopic (exact) mass is 227 g/mol. The molecule has 2 rings (SSSR count). The first-order chi connectivity index (χ1) is 8.24. The number of nitrogens with zero attached hydrogens (tertiary/aromatic N) is 1. The van der Waals surface area contributed by atoms with Crippen molar-refractivity contribution in [3.8, 4) is 11.8 Å². The molecule has 0 aliphatic carbocycles. The van der Waals surface area contributed by atoms with E-state index in [1.54, 1.807) is 6.92 Å². The quantitative estimate of drug-likeness (QED) is 0.783. The molecule has 0 aromatic carbocycles. The van der Waals surface area contributed by atoms with Crippen molar-refractivity contribution in [3.63, 3.8) is 0 Å². The Kier molecular flexibility index (Phi) is 3.51. The summed E-state index contributed by atoms with van der Waals surface area (Å²) in [6.07, 6.45) is 3.44. The van der Waals surface area contributed by atoms with Crippen LogP contribution in [0.3, 0.4) is 0 Å². The maximum atomic E-state index is 9.78. The summed E-state index contributed by atoms with van der Waals surface area (Å²) < 4.78 is 2.03. The van der Waals surface area contributed by atoms with Gasteiger partial charge in [-0.1, -0.05) is 18.9 Å². The molecule has 2 nitrogen and oxygen atoms in total. The molecule has 0 saturated heterocycles. The van der Waals surface area contributed by atoms with Crippen molar-refractivity contribution in [3.05, 3.63) is 41.7 Å². The minimum atomic E-state index is -0.485. The van der Waals surface area contributed by atoms with Gasteiger partial charge in [0.1, 0.15) is 5.69 Å². The van der Waals surface area contributed by atoms with Gasteiger partial charge in [-0.2, -0.15) is 0 Å². The smallest absolute Gasteiger partial charge is 0.102 e. The van der Waals surface area contributed by atoms with Crippen LogP contribution in [0.1, 0.15) is 44.1 Å². The molecule has 88 valence electrons. The van der Waals surface area contributed by atoms with Gasteiger partial charge in [-0.25, -0.2) is 0 Å². The van der Waals surface area contributed by atoms with Gasteiger partial charge in [0, 0.05) is 23.7 Å². The van der Waals surface area contributed by atoms with E-state index in [4.69, 9.17) is 0 Å². The van der Waals surface area contributed by atoms with E-state index in [1.807, 2.05) is 34.9 Å². The topological polar surface area (TPSA) is 24.6 Å². The van der Waals surface area contributed by atoms with E-state index in [2.05, 4.69) is 18.8 Å². The molecule has 2 heterocycles. The lowest BCUT2D eigenvalue weighted by atomic mass is 10.1. The lowest BCUT2D eigenvalue weighted by Gasteiger charge is -2.02. The number of aliphatic hydroxyl groups excluding tert-OH is 1. The standard InChI is InChI=1S/C15H17NO/c1-3-4-5-9-15-14(12(2)17)11-13-8-6-7-10-16(13)15/h6-8,10-12,17H,3-4H2,1-2H3. The molecule has 2 heteroatoms. The van der Waals surface area contributed by atoms with Crippen molar-refractivity contribution in [1.82, 2.24) is 4.40 Å². The molecule has 1 atom stereocenters. The Morgan fingerprint density at radius 2 is 2.24 bits per heavy atom. The van der Waals surface area contributed by atoms with Gasteiger partial charge in [0.2, 0.25) is 0 Å². The highest BCUT2D eigenvalue weighted by Gasteiger charge is 2.11. The van der Waals surface area contributed by atoms with Gasteiger partial charge in [-0.3, -0.25) is 0 Å². The fourth-order valence-electron chi connectivity index (χ4n) is 1.87. The van der Waals surface area contributed by atoms with Gasteiger partial charge < -0.3 is 9.51 Å². The summed E-state index contributed by atoms with van der Waals surface area (Å²) in [5, 5.41) is 9.78. The number of unbranched alkanes of at least 4 members (excludes halogenated alkanes) is 1. The Labute approximate surface area is 102 Å². The van der Waals surface area contributed by atoms with Gasteiger partial charge in [-0.15, -0.1) is 0 Å². The second kappa shape index (κ2) is 5.07. The van der Waals surface area contributed by atoms with Crippen LogP contribution in [-0.2, 0) is 0 Å². The van der Waals surface area contributed by atoms with Gasteiger partial charge in [0.25, 0.3) is 0 Å². The second-order valence-electron chi connectivity index (χ2n) is 4.17. The summed E-state index contributed by atoms with van der Waals surface area (Å²) in [6, 6.07) is 7.99. The molecule has 0 fully saturated rings. The van der Waals surface area contributed by atoms with Crippen molar-refractivity contribution in [1.29, 1.82) is 0 Å². The van der Waals surface area contributed by atoms with Crippen LogP contribution in [0.2, 0.25) is 0 Å². The first-order valence-corrected chi connectivity index (χ1v) is 6.01. The highest BCUT2D eigenvalue weighted by Crippen LogP contribution is 2.22. The molecule has 0 aliphatic heterocycles. The van der Waals surface area contributed by atoms with Crippen LogP contribution >= 0.6 is 0 Å². The van der Waals surface area contributed by atoms with Crippen molar-refractivity contribution >= 4 is 5.52 Å². The molecule has 0 saturated carbocycles. The summed E-state index contributed by atoms with van der Waals surface area (Å²) >= 11 is 0. The van der Waals surface area contributed by atoms with Crippen molar-refractivity contribution in [2.45, 2.75) is 32.8 Å². The lowest BCUT2D eigenvalue weighted by Crippen LogP contribution is -1.94. The summed E-state index contributed by atoms with van der Waals surface area (Å²) in [5.74, 6) is 6.31. The predicted molar refractivity (Wildman–Crippen MR) is 69.8 cm³/mol. The zero-order valence-corrected chi connectivity index (χ0v) is 10.3. The Bertz CT molecular complexity index is 569. The van der Waals surface area contributed by atoms with E-state index in [9.17, 15) is 5.11 Å². The number of fused-ring (bicyclic) bond motifs is 1. The van der Waals surface area contributed by atoms with Gasteiger partial charge in [-0.05, 0) is 37.5 Å². The number of aliphatic hydroxyl groups is 1. The summed E-state index contributed by atoms with van der Waals surface area (Å²) in [7, 11) is 0. The average molecular weight is 227 g/mol. The predicted octanol–water partition coefficient (Wildman–Crippen LogP) is 3.14. The number of rotatable bonds is 2. The van der Waals surface area contributed by atoms with E-state index in [-0.39, 0.29) is 0 Å². The molecule has 1 N–H and O–H groups in total. The molecule has 17 heavy (non-hydrogen) atoms. The molecule has 0 bridgehead atoms. The van der Waals surface area contributed by atoms with Crippen LogP contribution in [0.15, 0.2) is 30.5 Å². The number of pyridine rings is 1. The van der Waals surface area contributed by atoms with E-state index >= 15 is 0 Å². The molecule has 0 amide bonds. The van der Waals surface area contributed by atoms with Gasteiger partial charge in [0.05, 0.1) is 6.10 Å². The first-order valence-electron chi connectivity index (χ1n) is 6.01. The SMILES string of the molecule is CCCC#Cc1c(C(C)O)cc2ccccn12. The lowest BCUT2D eigenvalue weighted by molar-refractivity contribution is 0.199. The number of hydrogen-bond acceptors (Lipinski definition) is 1. The molecule has 0 spiro atoms. The molecular formula is C15H17NO. The molecule has 0 aliphatic rings. The van der Waals surface area contributed by atoms with E-state index in [1.165, 1.54) is 0 Å². The first kappa shape index (κ1) is 11.8. The molecule has 1 unspecified atom stereocenters. The van der Waals surface area contributed by atoms with Crippen molar-refractivity contribution < 1.29 is 5.11 Å². The summed E-state index contributed by atoms with van der Waals surface area (Å²) in [4.78, 5) is 0. The number of aromatic nitrogens is 1. The maximum Gasteiger partial charge on any atom is 0.102 e. The van der Waals surface area contributed by atoms with E-state index in [0.29, 0.717) is 0 Å². The van der Waals surface area contributed by atoms with Crippen LogP contribution in [0.5, 0.6) is 0 Å². The van der Waals surface area contributed by atoms with Crippen molar-refractivity contribution in [2.75, 3.05) is 0 Å². The largest absolute Gasteiger partial charge is 0.389 e. The van der Waals surface area contributed by atoms with Gasteiger partial charge in [0.15, 0.2) is 0 Å². The third kappa shape index (κ3) is 2.35. The third-order valence-corrected chi connectivity index (χ3v) is 2.74. The normalized spacial score (nSPS) is 12.2. The zero-order chi connectivity index (χ0) is 12.3. The Morgan fingerprint density at radius 3 is 2.94 bits per heavy atom. The fourth-order valence-corrected chi connectivity index (χ4v) is 1.87. The van der Waals surface area contributed by atoms with Crippen LogP contribution in [0.4, 0.5) is 0 Å². The Hall–Kier alpha value is -1.72. The maximum absolute atomic E-state index is 9.78. The van der Waals surface area contributed by atoms with Crippen molar-refractivity contribution in [2.24, 2.45) is 0 Å².